The topological polar surface area (TPSA) is 49.8 Å². The van der Waals surface area contributed by atoms with E-state index in [2.05, 4.69) is 0 Å². The standard InChI is InChI=1S/C24H18ClNO3/c1-29-22-12-2-16(3-13-22)14-18-15-23(17-4-6-19(25)7-5-17)26(24(18)28)20-8-10-21(27)11-9-20/h2-15,27H,1H3/b18-14-. The first kappa shape index (κ1) is 18.8. The van der Waals surface area contributed by atoms with Gasteiger partial charge in [0.05, 0.1) is 12.8 Å². The second-order valence-corrected chi connectivity index (χ2v) is 7.00. The summed E-state index contributed by atoms with van der Waals surface area (Å²) in [6.07, 6.45) is 3.71. The van der Waals surface area contributed by atoms with Crippen molar-refractivity contribution in [1.82, 2.24) is 0 Å². The van der Waals surface area contributed by atoms with Gasteiger partial charge in [-0.25, -0.2) is 0 Å². The Morgan fingerprint density at radius 2 is 1.59 bits per heavy atom. The number of phenolic OH excluding ortho intramolecular Hbond substituents is 1. The molecule has 1 aliphatic rings. The first-order chi connectivity index (χ1) is 14.0. The quantitative estimate of drug-likeness (QED) is 0.583. The molecule has 144 valence electrons. The maximum atomic E-state index is 13.3. The van der Waals surface area contributed by atoms with E-state index in [4.69, 9.17) is 16.3 Å². The van der Waals surface area contributed by atoms with Crippen LogP contribution >= 0.6 is 11.6 Å². The summed E-state index contributed by atoms with van der Waals surface area (Å²) in [6, 6.07) is 21.4. The molecule has 0 radical (unpaired) electrons. The number of nitrogens with zero attached hydrogens (tertiary/aromatic N) is 1. The Balaban J connectivity index is 1.78. The molecule has 0 aromatic heterocycles. The highest BCUT2D eigenvalue weighted by molar-refractivity contribution is 6.30. The summed E-state index contributed by atoms with van der Waals surface area (Å²) in [5, 5.41) is 10.2. The molecule has 0 saturated heterocycles. The molecule has 1 amide bonds. The summed E-state index contributed by atoms with van der Waals surface area (Å²) >= 11 is 6.03. The van der Waals surface area contributed by atoms with Gasteiger partial charge in [0.2, 0.25) is 0 Å². The lowest BCUT2D eigenvalue weighted by atomic mass is 10.1. The second-order valence-electron chi connectivity index (χ2n) is 6.57. The second kappa shape index (κ2) is 7.86. The van der Waals surface area contributed by atoms with E-state index in [0.717, 1.165) is 22.6 Å². The van der Waals surface area contributed by atoms with Crippen molar-refractivity contribution in [2.45, 2.75) is 0 Å². The smallest absolute Gasteiger partial charge is 0.262 e. The van der Waals surface area contributed by atoms with Gasteiger partial charge >= 0.3 is 0 Å². The minimum absolute atomic E-state index is 0.142. The van der Waals surface area contributed by atoms with Crippen molar-refractivity contribution < 1.29 is 14.6 Å². The lowest BCUT2D eigenvalue weighted by Gasteiger charge is -2.21. The molecule has 5 heteroatoms. The van der Waals surface area contributed by atoms with E-state index in [-0.39, 0.29) is 11.7 Å². The lowest BCUT2D eigenvalue weighted by molar-refractivity contribution is -0.113. The molecule has 3 aromatic rings. The maximum Gasteiger partial charge on any atom is 0.262 e. The molecule has 0 aliphatic carbocycles. The SMILES string of the molecule is COc1ccc(/C=C2/C=C(c3ccc(Cl)cc3)N(c3ccc(O)cc3)C2=O)cc1. The van der Waals surface area contributed by atoms with Crippen molar-refractivity contribution in [3.8, 4) is 11.5 Å². The van der Waals surface area contributed by atoms with Crippen LogP contribution in [-0.4, -0.2) is 18.1 Å². The summed E-state index contributed by atoms with van der Waals surface area (Å²) in [6.45, 7) is 0. The van der Waals surface area contributed by atoms with E-state index < -0.39 is 0 Å². The van der Waals surface area contributed by atoms with Gasteiger partial charge in [0, 0.05) is 16.3 Å². The number of hydrogen-bond donors (Lipinski definition) is 1. The van der Waals surface area contributed by atoms with Crippen molar-refractivity contribution in [3.05, 3.63) is 101 Å². The molecule has 3 aromatic carbocycles. The number of hydrogen-bond acceptors (Lipinski definition) is 3. The Morgan fingerprint density at radius 1 is 0.931 bits per heavy atom. The van der Waals surface area contributed by atoms with E-state index in [1.165, 1.54) is 0 Å². The minimum atomic E-state index is -0.142. The van der Waals surface area contributed by atoms with Crippen LogP contribution in [0.25, 0.3) is 11.8 Å². The minimum Gasteiger partial charge on any atom is -0.508 e. The molecule has 29 heavy (non-hydrogen) atoms. The van der Waals surface area contributed by atoms with Crippen LogP contribution in [0, 0.1) is 0 Å². The molecule has 1 heterocycles. The first-order valence-corrected chi connectivity index (χ1v) is 9.40. The van der Waals surface area contributed by atoms with Crippen molar-refractivity contribution in [2.24, 2.45) is 0 Å². The Morgan fingerprint density at radius 3 is 2.21 bits per heavy atom. The highest BCUT2D eigenvalue weighted by Crippen LogP contribution is 2.36. The fourth-order valence-electron chi connectivity index (χ4n) is 3.19. The summed E-state index contributed by atoms with van der Waals surface area (Å²) in [5.74, 6) is 0.760. The number of carbonyl (C=O) groups excluding carboxylic acids is 1. The number of amides is 1. The zero-order valence-electron chi connectivity index (χ0n) is 15.7. The van der Waals surface area contributed by atoms with Gasteiger partial charge < -0.3 is 9.84 Å². The molecule has 0 fully saturated rings. The number of methoxy groups -OCH3 is 1. The molecule has 0 bridgehead atoms. The van der Waals surface area contributed by atoms with Crippen LogP contribution in [0.4, 0.5) is 5.69 Å². The molecule has 0 saturated carbocycles. The number of halogens is 1. The van der Waals surface area contributed by atoms with Crippen LogP contribution in [-0.2, 0) is 4.79 Å². The van der Waals surface area contributed by atoms with Crippen LogP contribution in [0.1, 0.15) is 11.1 Å². The lowest BCUT2D eigenvalue weighted by Crippen LogP contribution is -2.24. The Hall–Kier alpha value is -3.50. The summed E-state index contributed by atoms with van der Waals surface area (Å²) in [7, 11) is 1.62. The van der Waals surface area contributed by atoms with Gasteiger partial charge in [-0.2, -0.15) is 0 Å². The number of aromatic hydroxyl groups is 1. The monoisotopic (exact) mass is 403 g/mol. The zero-order valence-corrected chi connectivity index (χ0v) is 16.4. The average molecular weight is 404 g/mol. The van der Waals surface area contributed by atoms with Crippen LogP contribution in [0.15, 0.2) is 84.4 Å². The molecular weight excluding hydrogens is 386 g/mol. The number of ether oxygens (including phenoxy) is 1. The highest BCUT2D eigenvalue weighted by Gasteiger charge is 2.30. The number of anilines is 1. The molecular formula is C24H18ClNO3. The third-order valence-corrected chi connectivity index (χ3v) is 4.92. The zero-order chi connectivity index (χ0) is 20.4. The van der Waals surface area contributed by atoms with Crippen LogP contribution in [0.3, 0.4) is 0 Å². The van der Waals surface area contributed by atoms with E-state index in [1.807, 2.05) is 48.6 Å². The van der Waals surface area contributed by atoms with E-state index in [9.17, 15) is 9.90 Å². The van der Waals surface area contributed by atoms with Crippen LogP contribution in [0.2, 0.25) is 5.02 Å². The van der Waals surface area contributed by atoms with Crippen molar-refractivity contribution in [2.75, 3.05) is 12.0 Å². The van der Waals surface area contributed by atoms with Gasteiger partial charge in [-0.15, -0.1) is 0 Å². The third kappa shape index (κ3) is 3.89. The van der Waals surface area contributed by atoms with Crippen molar-refractivity contribution in [3.63, 3.8) is 0 Å². The molecule has 1 aliphatic heterocycles. The predicted octanol–water partition coefficient (Wildman–Crippen LogP) is 5.53. The summed E-state index contributed by atoms with van der Waals surface area (Å²) in [5.41, 5.74) is 3.75. The molecule has 4 rings (SSSR count). The largest absolute Gasteiger partial charge is 0.508 e. The van der Waals surface area contributed by atoms with Gasteiger partial charge in [-0.3, -0.25) is 9.69 Å². The molecule has 1 N–H and O–H groups in total. The number of rotatable bonds is 4. The number of phenols is 1. The van der Waals surface area contributed by atoms with Gasteiger partial charge in [0.1, 0.15) is 11.5 Å². The Bertz CT molecular complexity index is 1100. The number of carbonyl (C=O) groups is 1. The van der Waals surface area contributed by atoms with Crippen LogP contribution < -0.4 is 9.64 Å². The third-order valence-electron chi connectivity index (χ3n) is 4.67. The summed E-state index contributed by atoms with van der Waals surface area (Å²) in [4.78, 5) is 14.9. The highest BCUT2D eigenvalue weighted by atomic mass is 35.5. The van der Waals surface area contributed by atoms with Crippen molar-refractivity contribution >= 4 is 35.0 Å². The molecule has 4 nitrogen and oxygen atoms in total. The van der Waals surface area contributed by atoms with Gasteiger partial charge in [0.15, 0.2) is 0 Å². The molecule has 0 unspecified atom stereocenters. The van der Waals surface area contributed by atoms with Crippen LogP contribution in [0.5, 0.6) is 11.5 Å². The Kier molecular flexibility index (Phi) is 5.10. The van der Waals surface area contributed by atoms with Crippen molar-refractivity contribution in [1.29, 1.82) is 0 Å². The molecule has 0 spiro atoms. The number of benzene rings is 3. The van der Waals surface area contributed by atoms with E-state index >= 15 is 0 Å². The van der Waals surface area contributed by atoms with E-state index in [0.29, 0.717) is 16.3 Å². The maximum absolute atomic E-state index is 13.3. The molecule has 0 atom stereocenters. The normalized spacial score (nSPS) is 15.0. The van der Waals surface area contributed by atoms with Gasteiger partial charge in [0.25, 0.3) is 5.91 Å². The average Bonchev–Trinajstić information content (AvgIpc) is 3.06. The fraction of sp³-hybridized carbons (Fsp3) is 0.0417. The summed E-state index contributed by atoms with van der Waals surface area (Å²) < 4.78 is 5.19. The van der Waals surface area contributed by atoms with Gasteiger partial charge in [-0.05, 0) is 71.8 Å². The predicted molar refractivity (Wildman–Crippen MR) is 116 cm³/mol. The van der Waals surface area contributed by atoms with Gasteiger partial charge in [-0.1, -0.05) is 35.9 Å². The first-order valence-electron chi connectivity index (χ1n) is 9.02. The Labute approximate surface area is 173 Å². The fourth-order valence-corrected chi connectivity index (χ4v) is 3.31. The van der Waals surface area contributed by atoms with E-state index in [1.54, 1.807) is 48.4 Å².